The van der Waals surface area contributed by atoms with Crippen LogP contribution in [0.25, 0.3) is 0 Å². The van der Waals surface area contributed by atoms with E-state index in [4.69, 9.17) is 4.42 Å². The molecule has 0 aliphatic carbocycles. The second kappa shape index (κ2) is 6.22. The van der Waals surface area contributed by atoms with Crippen molar-refractivity contribution in [2.75, 3.05) is 0 Å². The average Bonchev–Trinajstić information content (AvgIpc) is 2.93. The quantitative estimate of drug-likeness (QED) is 0.765. The lowest BCUT2D eigenvalue weighted by molar-refractivity contribution is 0.385. The van der Waals surface area contributed by atoms with E-state index in [-0.39, 0.29) is 12.1 Å². The van der Waals surface area contributed by atoms with Gasteiger partial charge in [-0.05, 0) is 31.0 Å². The summed E-state index contributed by atoms with van der Waals surface area (Å²) in [6.07, 6.45) is 4.48. The molecule has 0 amide bonds. The highest BCUT2D eigenvalue weighted by Crippen LogP contribution is 2.22. The zero-order chi connectivity index (χ0) is 12.8. The van der Waals surface area contributed by atoms with Crippen LogP contribution in [-0.4, -0.2) is 0 Å². The Bertz CT molecular complexity index is 461. The van der Waals surface area contributed by atoms with Gasteiger partial charge in [0.15, 0.2) is 0 Å². The Kier molecular flexibility index (Phi) is 4.37. The van der Waals surface area contributed by atoms with Gasteiger partial charge in [-0.2, -0.15) is 0 Å². The van der Waals surface area contributed by atoms with Gasteiger partial charge in [-0.1, -0.05) is 36.4 Å². The highest BCUT2D eigenvalue weighted by atomic mass is 16.3. The van der Waals surface area contributed by atoms with Crippen molar-refractivity contribution in [1.29, 1.82) is 0 Å². The minimum absolute atomic E-state index is 0.174. The van der Waals surface area contributed by atoms with E-state index in [1.165, 1.54) is 5.56 Å². The Morgan fingerprint density at radius 1 is 1.22 bits per heavy atom. The lowest BCUT2D eigenvalue weighted by atomic mass is 10.1. The summed E-state index contributed by atoms with van der Waals surface area (Å²) in [5, 5.41) is 3.57. The molecule has 2 atom stereocenters. The molecule has 1 aromatic carbocycles. The van der Waals surface area contributed by atoms with Gasteiger partial charge in [-0.3, -0.25) is 0 Å². The minimum atomic E-state index is 0.174. The number of hydrogen-bond acceptors (Lipinski definition) is 2. The molecular weight excluding hydrogens is 222 g/mol. The first-order valence-corrected chi connectivity index (χ1v) is 6.26. The maximum Gasteiger partial charge on any atom is 0.121 e. The molecule has 18 heavy (non-hydrogen) atoms. The van der Waals surface area contributed by atoms with E-state index in [9.17, 15) is 0 Å². The predicted molar refractivity (Wildman–Crippen MR) is 74.3 cm³/mol. The first kappa shape index (κ1) is 12.7. The van der Waals surface area contributed by atoms with E-state index in [1.807, 2.05) is 24.3 Å². The van der Waals surface area contributed by atoms with E-state index in [0.29, 0.717) is 0 Å². The van der Waals surface area contributed by atoms with E-state index < -0.39 is 0 Å². The van der Waals surface area contributed by atoms with Crippen molar-refractivity contribution in [1.82, 2.24) is 5.32 Å². The van der Waals surface area contributed by atoms with Crippen molar-refractivity contribution in [3.63, 3.8) is 0 Å². The molecule has 2 heteroatoms. The van der Waals surface area contributed by atoms with Crippen LogP contribution in [0.4, 0.5) is 0 Å². The second-order valence-electron chi connectivity index (χ2n) is 4.39. The molecule has 0 aliphatic heterocycles. The lowest BCUT2D eigenvalue weighted by Gasteiger charge is -2.21. The third-order valence-corrected chi connectivity index (χ3v) is 3.04. The van der Waals surface area contributed by atoms with Gasteiger partial charge in [-0.25, -0.2) is 0 Å². The van der Waals surface area contributed by atoms with Gasteiger partial charge in [0, 0.05) is 6.04 Å². The van der Waals surface area contributed by atoms with Gasteiger partial charge in [0.2, 0.25) is 0 Å². The zero-order valence-corrected chi connectivity index (χ0v) is 10.7. The molecule has 1 aromatic heterocycles. The Hall–Kier alpha value is -1.80. The van der Waals surface area contributed by atoms with E-state index in [1.54, 1.807) is 6.26 Å². The molecule has 94 valence electrons. The number of furan rings is 1. The molecule has 0 unspecified atom stereocenters. The summed E-state index contributed by atoms with van der Waals surface area (Å²) < 4.78 is 5.47. The third kappa shape index (κ3) is 3.11. The van der Waals surface area contributed by atoms with Crippen LogP contribution in [0.1, 0.15) is 36.8 Å². The minimum Gasteiger partial charge on any atom is -0.468 e. The monoisotopic (exact) mass is 241 g/mol. The SMILES string of the molecule is C=CC[C@@H](N[C@H](C)c1ccccc1)c1ccco1. The molecule has 0 spiro atoms. The molecule has 1 N–H and O–H groups in total. The summed E-state index contributed by atoms with van der Waals surface area (Å²) in [5.74, 6) is 0.956. The van der Waals surface area contributed by atoms with Crippen LogP contribution in [0.3, 0.4) is 0 Å². The summed E-state index contributed by atoms with van der Waals surface area (Å²) in [7, 11) is 0. The van der Waals surface area contributed by atoms with Crippen LogP contribution in [0.5, 0.6) is 0 Å². The molecule has 2 rings (SSSR count). The summed E-state index contributed by atoms with van der Waals surface area (Å²) in [4.78, 5) is 0. The largest absolute Gasteiger partial charge is 0.468 e. The molecule has 0 saturated heterocycles. The first-order valence-electron chi connectivity index (χ1n) is 6.26. The van der Waals surface area contributed by atoms with E-state index in [2.05, 4.69) is 43.1 Å². The van der Waals surface area contributed by atoms with Gasteiger partial charge < -0.3 is 9.73 Å². The van der Waals surface area contributed by atoms with Crippen LogP contribution >= 0.6 is 0 Å². The van der Waals surface area contributed by atoms with Gasteiger partial charge in [0.1, 0.15) is 5.76 Å². The Morgan fingerprint density at radius 3 is 2.61 bits per heavy atom. The van der Waals surface area contributed by atoms with E-state index >= 15 is 0 Å². The maximum atomic E-state index is 5.47. The van der Waals surface area contributed by atoms with Crippen molar-refractivity contribution in [3.05, 3.63) is 72.7 Å². The molecule has 0 bridgehead atoms. The third-order valence-electron chi connectivity index (χ3n) is 3.04. The Balaban J connectivity index is 2.07. The molecule has 0 aliphatic rings. The van der Waals surface area contributed by atoms with Crippen LogP contribution < -0.4 is 5.32 Å². The van der Waals surface area contributed by atoms with Gasteiger partial charge >= 0.3 is 0 Å². The molecule has 0 fully saturated rings. The molecule has 1 heterocycles. The average molecular weight is 241 g/mol. The molecule has 2 aromatic rings. The normalized spacial score (nSPS) is 14.1. The van der Waals surface area contributed by atoms with Gasteiger partial charge in [0.25, 0.3) is 0 Å². The van der Waals surface area contributed by atoms with Crippen molar-refractivity contribution in [2.45, 2.75) is 25.4 Å². The zero-order valence-electron chi connectivity index (χ0n) is 10.7. The van der Waals surface area contributed by atoms with Crippen LogP contribution in [0, 0.1) is 0 Å². The van der Waals surface area contributed by atoms with Crippen molar-refractivity contribution in [3.8, 4) is 0 Å². The van der Waals surface area contributed by atoms with Crippen molar-refractivity contribution < 1.29 is 4.42 Å². The summed E-state index contributed by atoms with van der Waals surface area (Å²) >= 11 is 0. The van der Waals surface area contributed by atoms with Crippen molar-refractivity contribution in [2.24, 2.45) is 0 Å². The Labute approximate surface area is 108 Å². The number of benzene rings is 1. The van der Waals surface area contributed by atoms with Gasteiger partial charge in [0.05, 0.1) is 12.3 Å². The molecule has 0 saturated carbocycles. The summed E-state index contributed by atoms with van der Waals surface area (Å²) in [5.41, 5.74) is 1.28. The fourth-order valence-corrected chi connectivity index (χ4v) is 2.06. The lowest BCUT2D eigenvalue weighted by Crippen LogP contribution is -2.24. The molecule has 0 radical (unpaired) electrons. The topological polar surface area (TPSA) is 25.2 Å². The van der Waals surface area contributed by atoms with Crippen molar-refractivity contribution >= 4 is 0 Å². The molecule has 2 nitrogen and oxygen atoms in total. The van der Waals surface area contributed by atoms with Crippen LogP contribution in [0.2, 0.25) is 0 Å². The predicted octanol–water partition coefficient (Wildman–Crippen LogP) is 4.25. The number of rotatable bonds is 6. The molecular formula is C16H19NO. The van der Waals surface area contributed by atoms with Gasteiger partial charge in [-0.15, -0.1) is 6.58 Å². The smallest absolute Gasteiger partial charge is 0.121 e. The number of nitrogens with one attached hydrogen (secondary N) is 1. The van der Waals surface area contributed by atoms with Crippen LogP contribution in [0.15, 0.2) is 65.8 Å². The summed E-state index contributed by atoms with van der Waals surface area (Å²) in [6.45, 7) is 5.97. The fraction of sp³-hybridized carbons (Fsp3) is 0.250. The first-order chi connectivity index (χ1) is 8.81. The fourth-order valence-electron chi connectivity index (χ4n) is 2.06. The van der Waals surface area contributed by atoms with E-state index in [0.717, 1.165) is 12.2 Å². The maximum absolute atomic E-state index is 5.47. The highest BCUT2D eigenvalue weighted by molar-refractivity contribution is 5.19. The Morgan fingerprint density at radius 2 is 2.00 bits per heavy atom. The number of hydrogen-bond donors (Lipinski definition) is 1. The summed E-state index contributed by atoms with van der Waals surface area (Å²) in [6, 6.07) is 14.8. The standard InChI is InChI=1S/C16H19NO/c1-3-8-15(16-11-7-12-18-16)17-13(2)14-9-5-4-6-10-14/h3-7,9-13,15,17H,1,8H2,2H3/t13-,15-/m1/s1. The highest BCUT2D eigenvalue weighted by Gasteiger charge is 2.16. The van der Waals surface area contributed by atoms with Crippen LogP contribution in [-0.2, 0) is 0 Å². The second-order valence-corrected chi connectivity index (χ2v) is 4.39.